The second-order valence-electron chi connectivity index (χ2n) is 6.53. The predicted octanol–water partition coefficient (Wildman–Crippen LogP) is 0.972. The SMILES string of the molecule is C=NO/C(C)=C(\CC)C1=C(OC)C[C@@H]2[C@H](C1)NC1N=C(N)NC(=O)[C@@H]12. The van der Waals surface area contributed by atoms with Gasteiger partial charge in [-0.05, 0) is 36.8 Å². The van der Waals surface area contributed by atoms with Crippen molar-refractivity contribution in [3.63, 3.8) is 0 Å². The van der Waals surface area contributed by atoms with Crippen molar-refractivity contribution in [3.8, 4) is 0 Å². The average Bonchev–Trinajstić information content (AvgIpc) is 2.92. The maximum Gasteiger partial charge on any atom is 0.233 e. The highest BCUT2D eigenvalue weighted by Gasteiger charge is 2.51. The number of oxime groups is 1. The van der Waals surface area contributed by atoms with Gasteiger partial charge in [0, 0.05) is 19.2 Å². The minimum atomic E-state index is -0.276. The van der Waals surface area contributed by atoms with Crippen molar-refractivity contribution in [2.45, 2.75) is 45.3 Å². The lowest BCUT2D eigenvalue weighted by Gasteiger charge is -2.32. The van der Waals surface area contributed by atoms with Gasteiger partial charge >= 0.3 is 0 Å². The van der Waals surface area contributed by atoms with Crippen LogP contribution in [0.25, 0.3) is 0 Å². The molecule has 0 aromatic carbocycles. The number of allylic oxidation sites excluding steroid dienone is 3. The van der Waals surface area contributed by atoms with Gasteiger partial charge < -0.3 is 15.3 Å². The van der Waals surface area contributed by atoms with E-state index in [1.807, 2.05) is 6.92 Å². The molecule has 4 atom stereocenters. The Labute approximate surface area is 147 Å². The molecule has 8 nitrogen and oxygen atoms in total. The van der Waals surface area contributed by atoms with Crippen molar-refractivity contribution in [1.29, 1.82) is 0 Å². The molecule has 4 N–H and O–H groups in total. The summed E-state index contributed by atoms with van der Waals surface area (Å²) in [6.45, 7) is 7.32. The molecule has 0 spiro atoms. The summed E-state index contributed by atoms with van der Waals surface area (Å²) in [6, 6.07) is 0.135. The van der Waals surface area contributed by atoms with E-state index < -0.39 is 0 Å². The summed E-state index contributed by atoms with van der Waals surface area (Å²) < 4.78 is 5.68. The first kappa shape index (κ1) is 17.5. The number of hydrogen-bond acceptors (Lipinski definition) is 7. The van der Waals surface area contributed by atoms with Gasteiger partial charge in [0.25, 0.3) is 0 Å². The Kier molecular flexibility index (Phi) is 4.80. The van der Waals surface area contributed by atoms with Gasteiger partial charge in [0.1, 0.15) is 11.9 Å². The number of nitrogens with one attached hydrogen (secondary N) is 2. The van der Waals surface area contributed by atoms with Crippen molar-refractivity contribution in [2.24, 2.45) is 27.7 Å². The summed E-state index contributed by atoms with van der Waals surface area (Å²) in [5.74, 6) is 1.60. The van der Waals surface area contributed by atoms with Crippen molar-refractivity contribution in [3.05, 3.63) is 22.7 Å². The molecule has 0 aromatic rings. The third-order valence-corrected chi connectivity index (χ3v) is 5.31. The minimum absolute atomic E-state index is 0.0713. The maximum absolute atomic E-state index is 12.4. The first-order valence-corrected chi connectivity index (χ1v) is 8.49. The summed E-state index contributed by atoms with van der Waals surface area (Å²) in [5, 5.41) is 9.63. The third-order valence-electron chi connectivity index (χ3n) is 5.31. The number of methoxy groups -OCH3 is 1. The molecule has 0 saturated carbocycles. The highest BCUT2D eigenvalue weighted by molar-refractivity contribution is 5.99. The van der Waals surface area contributed by atoms with Crippen LogP contribution in [-0.4, -0.2) is 37.9 Å². The van der Waals surface area contributed by atoms with Crippen molar-refractivity contribution in [1.82, 2.24) is 10.6 Å². The topological polar surface area (TPSA) is 110 Å². The third kappa shape index (κ3) is 3.02. The first-order chi connectivity index (χ1) is 12.0. The molecular weight excluding hydrogens is 322 g/mol. The summed E-state index contributed by atoms with van der Waals surface area (Å²) in [4.78, 5) is 22.0. The summed E-state index contributed by atoms with van der Waals surface area (Å²) in [7, 11) is 1.67. The zero-order chi connectivity index (χ0) is 18.1. The molecule has 25 heavy (non-hydrogen) atoms. The Morgan fingerprint density at radius 2 is 2.24 bits per heavy atom. The fourth-order valence-corrected chi connectivity index (χ4v) is 4.25. The van der Waals surface area contributed by atoms with E-state index in [2.05, 4.69) is 34.4 Å². The number of rotatable bonds is 5. The van der Waals surface area contributed by atoms with E-state index in [1.54, 1.807) is 7.11 Å². The largest absolute Gasteiger partial charge is 0.501 e. The smallest absolute Gasteiger partial charge is 0.233 e. The molecule has 0 aromatic heterocycles. The van der Waals surface area contributed by atoms with E-state index in [1.165, 1.54) is 0 Å². The van der Waals surface area contributed by atoms with Gasteiger partial charge in [0.05, 0.1) is 18.8 Å². The molecule has 1 fully saturated rings. The number of ether oxygens (including phenoxy) is 1. The number of carbonyl (C=O) groups excluding carboxylic acids is 1. The Hall–Kier alpha value is -2.35. The fourth-order valence-electron chi connectivity index (χ4n) is 4.25. The number of nitrogens with two attached hydrogens (primary N) is 1. The maximum atomic E-state index is 12.4. The molecule has 2 heterocycles. The molecule has 1 aliphatic carbocycles. The summed E-state index contributed by atoms with van der Waals surface area (Å²) in [5.41, 5.74) is 7.87. The van der Waals surface area contributed by atoms with E-state index in [0.29, 0.717) is 6.42 Å². The fraction of sp³-hybridized carbons (Fsp3) is 0.588. The molecule has 2 aliphatic heterocycles. The normalized spacial score (nSPS) is 32.1. The average molecular weight is 347 g/mol. The highest BCUT2D eigenvalue weighted by atomic mass is 16.6. The van der Waals surface area contributed by atoms with Gasteiger partial charge in [0.15, 0.2) is 5.96 Å². The quantitative estimate of drug-likeness (QED) is 0.390. The van der Waals surface area contributed by atoms with Gasteiger partial charge in [-0.15, -0.1) is 0 Å². The molecule has 1 amide bonds. The van der Waals surface area contributed by atoms with Crippen molar-refractivity contribution in [2.75, 3.05) is 7.11 Å². The van der Waals surface area contributed by atoms with Crippen LogP contribution in [0.1, 0.15) is 33.1 Å². The number of fused-ring (bicyclic) bond motifs is 3. The van der Waals surface area contributed by atoms with Crippen molar-refractivity contribution < 1.29 is 14.4 Å². The van der Waals surface area contributed by atoms with Crippen LogP contribution in [-0.2, 0) is 14.4 Å². The van der Waals surface area contributed by atoms with E-state index in [0.717, 1.165) is 35.5 Å². The number of carbonyl (C=O) groups is 1. The zero-order valence-electron chi connectivity index (χ0n) is 14.8. The van der Waals surface area contributed by atoms with E-state index in [9.17, 15) is 4.79 Å². The lowest BCUT2D eigenvalue weighted by atomic mass is 9.76. The summed E-state index contributed by atoms with van der Waals surface area (Å²) in [6.07, 6.45) is 1.93. The van der Waals surface area contributed by atoms with Gasteiger partial charge in [-0.3, -0.25) is 15.4 Å². The molecule has 8 heteroatoms. The Morgan fingerprint density at radius 1 is 1.48 bits per heavy atom. The van der Waals surface area contributed by atoms with Crippen LogP contribution in [0.2, 0.25) is 0 Å². The number of nitrogens with zero attached hydrogens (tertiary/aromatic N) is 2. The standard InChI is InChI=1S/C17H25N5O3/c1-5-9(8(2)25-19-3)10-6-12-11(7-13(10)24-4)14-15(20-12)21-17(18)22-16(14)23/h11-12,14-15,20H,3,5-7H2,1-2,4H3,(H3,18,21,22,23)/b9-8+/t11-,12+,14-,15?/m1/s1. The van der Waals surface area contributed by atoms with E-state index in [4.69, 9.17) is 15.3 Å². The predicted molar refractivity (Wildman–Crippen MR) is 94.4 cm³/mol. The Balaban J connectivity index is 1.94. The van der Waals surface area contributed by atoms with Crippen LogP contribution < -0.4 is 16.4 Å². The molecule has 136 valence electrons. The number of amides is 1. The van der Waals surface area contributed by atoms with E-state index in [-0.39, 0.29) is 35.9 Å². The molecule has 3 rings (SSSR count). The highest BCUT2D eigenvalue weighted by Crippen LogP contribution is 2.44. The Bertz CT molecular complexity index is 682. The van der Waals surface area contributed by atoms with Crippen LogP contribution in [0.3, 0.4) is 0 Å². The number of guanidine groups is 1. The van der Waals surface area contributed by atoms with Crippen LogP contribution in [0.15, 0.2) is 32.8 Å². The number of hydrogen-bond donors (Lipinski definition) is 3. The second kappa shape index (κ2) is 6.87. The van der Waals surface area contributed by atoms with Gasteiger partial charge in [-0.2, -0.15) is 0 Å². The zero-order valence-corrected chi connectivity index (χ0v) is 14.8. The number of aliphatic imine (C=N–C) groups is 1. The van der Waals surface area contributed by atoms with Crippen molar-refractivity contribution >= 4 is 18.6 Å². The van der Waals surface area contributed by atoms with Gasteiger partial charge in [-0.25, -0.2) is 4.99 Å². The molecular formula is C17H25N5O3. The lowest BCUT2D eigenvalue weighted by molar-refractivity contribution is -0.125. The molecule has 0 radical (unpaired) electrons. The molecule has 1 unspecified atom stereocenters. The second-order valence-corrected chi connectivity index (χ2v) is 6.53. The van der Waals surface area contributed by atoms with Gasteiger partial charge in [-0.1, -0.05) is 12.1 Å². The monoisotopic (exact) mass is 347 g/mol. The van der Waals surface area contributed by atoms with Crippen LogP contribution in [0, 0.1) is 11.8 Å². The molecule has 0 bridgehead atoms. The van der Waals surface area contributed by atoms with Crippen LogP contribution in [0.5, 0.6) is 0 Å². The lowest BCUT2D eigenvalue weighted by Crippen LogP contribution is -2.50. The molecule has 3 aliphatic rings. The molecule has 1 saturated heterocycles. The first-order valence-electron chi connectivity index (χ1n) is 8.49. The Morgan fingerprint density at radius 3 is 2.88 bits per heavy atom. The van der Waals surface area contributed by atoms with E-state index >= 15 is 0 Å². The minimum Gasteiger partial charge on any atom is -0.501 e. The van der Waals surface area contributed by atoms with Crippen LogP contribution in [0.4, 0.5) is 0 Å². The van der Waals surface area contributed by atoms with Gasteiger partial charge in [0.2, 0.25) is 5.91 Å². The summed E-state index contributed by atoms with van der Waals surface area (Å²) >= 11 is 0. The van der Waals surface area contributed by atoms with Crippen LogP contribution >= 0.6 is 0 Å².